The number of ketones is 1. The molecule has 0 amide bonds. The van der Waals surface area contributed by atoms with Gasteiger partial charge in [0.1, 0.15) is 5.82 Å². The fourth-order valence-corrected chi connectivity index (χ4v) is 1.54. The second-order valence-corrected chi connectivity index (χ2v) is 3.84. The SMILES string of the molecule is CCn1cc(C(=O)C=Cc2cccc(F)c2)cn1. The normalized spacial score (nSPS) is 11.0. The molecule has 1 aromatic carbocycles. The average Bonchev–Trinajstić information content (AvgIpc) is 2.85. The Labute approximate surface area is 105 Å². The smallest absolute Gasteiger partial charge is 0.189 e. The lowest BCUT2D eigenvalue weighted by Gasteiger charge is -1.93. The summed E-state index contributed by atoms with van der Waals surface area (Å²) in [5, 5.41) is 4.03. The summed E-state index contributed by atoms with van der Waals surface area (Å²) in [7, 11) is 0. The van der Waals surface area contributed by atoms with Crippen LogP contribution in [-0.2, 0) is 6.54 Å². The number of carbonyl (C=O) groups is 1. The van der Waals surface area contributed by atoms with Crippen LogP contribution in [0.2, 0.25) is 0 Å². The lowest BCUT2D eigenvalue weighted by atomic mass is 10.1. The Kier molecular flexibility index (Phi) is 3.67. The van der Waals surface area contributed by atoms with E-state index in [2.05, 4.69) is 5.10 Å². The molecular formula is C14H13FN2O. The van der Waals surface area contributed by atoms with Crippen molar-refractivity contribution in [1.29, 1.82) is 0 Å². The van der Waals surface area contributed by atoms with Gasteiger partial charge in [0.05, 0.1) is 11.8 Å². The minimum absolute atomic E-state index is 0.140. The highest BCUT2D eigenvalue weighted by Gasteiger charge is 2.04. The third-order valence-electron chi connectivity index (χ3n) is 2.52. The van der Waals surface area contributed by atoms with Crippen molar-refractivity contribution in [2.75, 3.05) is 0 Å². The second-order valence-electron chi connectivity index (χ2n) is 3.84. The summed E-state index contributed by atoms with van der Waals surface area (Å²) in [6.45, 7) is 2.67. The molecule has 2 aromatic rings. The highest BCUT2D eigenvalue weighted by Crippen LogP contribution is 2.07. The maximum absolute atomic E-state index is 12.9. The van der Waals surface area contributed by atoms with Gasteiger partial charge >= 0.3 is 0 Å². The second kappa shape index (κ2) is 5.40. The van der Waals surface area contributed by atoms with Crippen molar-refractivity contribution in [3.63, 3.8) is 0 Å². The van der Waals surface area contributed by atoms with Gasteiger partial charge in [0.15, 0.2) is 5.78 Å². The average molecular weight is 244 g/mol. The number of benzene rings is 1. The molecule has 0 saturated carbocycles. The summed E-state index contributed by atoms with van der Waals surface area (Å²) < 4.78 is 14.6. The van der Waals surface area contributed by atoms with Gasteiger partial charge in [-0.25, -0.2) is 4.39 Å². The largest absolute Gasteiger partial charge is 0.289 e. The molecule has 92 valence electrons. The molecule has 4 heteroatoms. The first-order valence-corrected chi connectivity index (χ1v) is 5.69. The maximum atomic E-state index is 12.9. The predicted octanol–water partition coefficient (Wildman–Crippen LogP) is 2.94. The lowest BCUT2D eigenvalue weighted by Crippen LogP contribution is -1.94. The van der Waals surface area contributed by atoms with Gasteiger partial charge in [-0.3, -0.25) is 9.48 Å². The van der Waals surface area contributed by atoms with Crippen molar-refractivity contribution in [2.24, 2.45) is 0 Å². The van der Waals surface area contributed by atoms with Crippen molar-refractivity contribution in [3.8, 4) is 0 Å². The Balaban J connectivity index is 2.11. The molecule has 2 rings (SSSR count). The van der Waals surface area contributed by atoms with Crippen LogP contribution in [0.25, 0.3) is 6.08 Å². The summed E-state index contributed by atoms with van der Waals surface area (Å²) in [6, 6.07) is 6.08. The molecule has 3 nitrogen and oxygen atoms in total. The third-order valence-corrected chi connectivity index (χ3v) is 2.52. The molecule has 18 heavy (non-hydrogen) atoms. The van der Waals surface area contributed by atoms with Crippen molar-refractivity contribution in [2.45, 2.75) is 13.5 Å². The first kappa shape index (κ1) is 12.2. The van der Waals surface area contributed by atoms with Crippen molar-refractivity contribution < 1.29 is 9.18 Å². The van der Waals surface area contributed by atoms with Gasteiger partial charge in [-0.05, 0) is 30.7 Å². The van der Waals surface area contributed by atoms with Crippen LogP contribution in [0.1, 0.15) is 22.8 Å². The molecule has 0 atom stereocenters. The molecule has 0 fully saturated rings. The Bertz CT molecular complexity index is 587. The Morgan fingerprint density at radius 1 is 1.50 bits per heavy atom. The van der Waals surface area contributed by atoms with Gasteiger partial charge in [-0.15, -0.1) is 0 Å². The van der Waals surface area contributed by atoms with Gasteiger partial charge in [-0.2, -0.15) is 5.10 Å². The van der Waals surface area contributed by atoms with Gasteiger partial charge in [0, 0.05) is 12.7 Å². The van der Waals surface area contributed by atoms with Gasteiger partial charge in [-0.1, -0.05) is 18.2 Å². The van der Waals surface area contributed by atoms with Crippen LogP contribution in [0.3, 0.4) is 0 Å². The molecule has 0 N–H and O–H groups in total. The van der Waals surface area contributed by atoms with Crippen LogP contribution in [0.15, 0.2) is 42.7 Å². The molecule has 0 aliphatic rings. The summed E-state index contributed by atoms with van der Waals surface area (Å²) in [5.74, 6) is -0.456. The summed E-state index contributed by atoms with van der Waals surface area (Å²) in [5.41, 5.74) is 1.19. The van der Waals surface area contributed by atoms with E-state index in [4.69, 9.17) is 0 Å². The quantitative estimate of drug-likeness (QED) is 0.612. The molecule has 0 spiro atoms. The molecule has 0 unspecified atom stereocenters. The Hall–Kier alpha value is -2.23. The highest BCUT2D eigenvalue weighted by molar-refractivity contribution is 6.06. The zero-order valence-corrected chi connectivity index (χ0v) is 10.0. The standard InChI is InChI=1S/C14H13FN2O/c1-2-17-10-12(9-16-17)14(18)7-6-11-4-3-5-13(15)8-11/h3-10H,2H2,1H3. The summed E-state index contributed by atoms with van der Waals surface area (Å²) in [4.78, 5) is 11.8. The van der Waals surface area contributed by atoms with Crippen LogP contribution in [-0.4, -0.2) is 15.6 Å². The maximum Gasteiger partial charge on any atom is 0.189 e. The zero-order chi connectivity index (χ0) is 13.0. The van der Waals surface area contributed by atoms with Crippen LogP contribution < -0.4 is 0 Å². The van der Waals surface area contributed by atoms with Crippen LogP contribution >= 0.6 is 0 Å². The number of aryl methyl sites for hydroxylation is 1. The first-order valence-electron chi connectivity index (χ1n) is 5.69. The number of rotatable bonds is 4. The number of allylic oxidation sites excluding steroid dienone is 1. The molecule has 0 radical (unpaired) electrons. The summed E-state index contributed by atoms with van der Waals surface area (Å²) in [6.07, 6.45) is 6.24. The topological polar surface area (TPSA) is 34.9 Å². The minimum Gasteiger partial charge on any atom is -0.289 e. The fourth-order valence-electron chi connectivity index (χ4n) is 1.54. The number of halogens is 1. The van der Waals surface area contributed by atoms with Crippen LogP contribution in [0.5, 0.6) is 0 Å². The summed E-state index contributed by atoms with van der Waals surface area (Å²) >= 11 is 0. The van der Waals surface area contributed by atoms with E-state index >= 15 is 0 Å². The number of aromatic nitrogens is 2. The van der Waals surface area contributed by atoms with E-state index in [0.717, 1.165) is 6.54 Å². The van der Waals surface area contributed by atoms with E-state index in [0.29, 0.717) is 11.1 Å². The van der Waals surface area contributed by atoms with Crippen molar-refractivity contribution in [3.05, 3.63) is 59.7 Å². The molecule has 0 saturated heterocycles. The van der Waals surface area contributed by atoms with E-state index in [1.54, 1.807) is 29.1 Å². The monoisotopic (exact) mass is 244 g/mol. The van der Waals surface area contributed by atoms with E-state index in [9.17, 15) is 9.18 Å². The molecule has 1 heterocycles. The minimum atomic E-state index is -0.316. The fraction of sp³-hybridized carbons (Fsp3) is 0.143. The van der Waals surface area contributed by atoms with Gasteiger partial charge in [0.2, 0.25) is 0 Å². The molecule has 1 aromatic heterocycles. The van der Waals surface area contributed by atoms with E-state index in [-0.39, 0.29) is 11.6 Å². The first-order chi connectivity index (χ1) is 8.69. The van der Waals surface area contributed by atoms with E-state index in [1.165, 1.54) is 24.4 Å². The predicted molar refractivity (Wildman–Crippen MR) is 67.7 cm³/mol. The van der Waals surface area contributed by atoms with Crippen LogP contribution in [0, 0.1) is 5.82 Å². The van der Waals surface area contributed by atoms with Gasteiger partial charge < -0.3 is 0 Å². The molecule has 0 aliphatic carbocycles. The number of nitrogens with zero attached hydrogens (tertiary/aromatic N) is 2. The van der Waals surface area contributed by atoms with Crippen molar-refractivity contribution >= 4 is 11.9 Å². The Morgan fingerprint density at radius 3 is 3.00 bits per heavy atom. The van der Waals surface area contributed by atoms with Crippen molar-refractivity contribution in [1.82, 2.24) is 9.78 Å². The molecular weight excluding hydrogens is 231 g/mol. The molecule has 0 aliphatic heterocycles. The van der Waals surface area contributed by atoms with Crippen LogP contribution in [0.4, 0.5) is 4.39 Å². The Morgan fingerprint density at radius 2 is 2.33 bits per heavy atom. The lowest BCUT2D eigenvalue weighted by molar-refractivity contribution is 0.104. The zero-order valence-electron chi connectivity index (χ0n) is 10.0. The highest BCUT2D eigenvalue weighted by atomic mass is 19.1. The number of carbonyl (C=O) groups excluding carboxylic acids is 1. The van der Waals surface area contributed by atoms with E-state index < -0.39 is 0 Å². The van der Waals surface area contributed by atoms with E-state index in [1.807, 2.05) is 6.92 Å². The van der Waals surface area contributed by atoms with Gasteiger partial charge in [0.25, 0.3) is 0 Å². The number of hydrogen-bond donors (Lipinski definition) is 0. The third kappa shape index (κ3) is 2.91. The molecule has 0 bridgehead atoms. The number of hydrogen-bond acceptors (Lipinski definition) is 2.